The fourth-order valence-corrected chi connectivity index (χ4v) is 5.09. The Morgan fingerprint density at radius 1 is 1.09 bits per heavy atom. The molecule has 0 radical (unpaired) electrons. The summed E-state index contributed by atoms with van der Waals surface area (Å²) in [6.07, 6.45) is 10.5. The third-order valence-corrected chi connectivity index (χ3v) is 6.74. The Morgan fingerprint density at radius 3 is 2.64 bits per heavy atom. The topological polar surface area (TPSA) is 84.2 Å². The second-order valence-corrected chi connectivity index (χ2v) is 8.68. The van der Waals surface area contributed by atoms with E-state index in [1.54, 1.807) is 6.33 Å². The van der Waals surface area contributed by atoms with E-state index in [4.69, 9.17) is 9.72 Å². The highest BCUT2D eigenvalue weighted by Gasteiger charge is 2.35. The minimum atomic E-state index is 0.413. The minimum Gasteiger partial charge on any atom is -0.378 e. The first kappa shape index (κ1) is 20.2. The van der Waals surface area contributed by atoms with Crippen molar-refractivity contribution in [2.45, 2.75) is 38.6 Å². The van der Waals surface area contributed by atoms with Crippen molar-refractivity contribution in [1.29, 1.82) is 0 Å². The summed E-state index contributed by atoms with van der Waals surface area (Å²) in [6, 6.07) is 8.85. The molecule has 9 heteroatoms. The maximum Gasteiger partial charge on any atom is 0.229 e. The van der Waals surface area contributed by atoms with E-state index >= 15 is 0 Å². The van der Waals surface area contributed by atoms with Crippen LogP contribution in [-0.4, -0.2) is 57.1 Å². The monoisotopic (exact) mass is 444 g/mol. The van der Waals surface area contributed by atoms with E-state index < -0.39 is 0 Å². The number of aromatic nitrogens is 5. The van der Waals surface area contributed by atoms with Crippen LogP contribution in [-0.2, 0) is 4.74 Å². The summed E-state index contributed by atoms with van der Waals surface area (Å²) < 4.78 is 7.44. The third kappa shape index (κ3) is 3.62. The maximum absolute atomic E-state index is 5.46. The number of ether oxygens (including phenoxy) is 1. The van der Waals surface area contributed by atoms with E-state index in [2.05, 4.69) is 67.6 Å². The van der Waals surface area contributed by atoms with Gasteiger partial charge in [-0.1, -0.05) is 18.9 Å². The molecule has 170 valence electrons. The molecular formula is C24H28N8O. The highest BCUT2D eigenvalue weighted by atomic mass is 16.5. The molecule has 9 nitrogen and oxygen atoms in total. The van der Waals surface area contributed by atoms with Gasteiger partial charge in [0.2, 0.25) is 5.95 Å². The second-order valence-electron chi connectivity index (χ2n) is 8.68. The smallest absolute Gasteiger partial charge is 0.229 e. The van der Waals surface area contributed by atoms with Crippen molar-refractivity contribution in [3.05, 3.63) is 48.7 Å². The summed E-state index contributed by atoms with van der Waals surface area (Å²) in [4.78, 5) is 14.3. The lowest BCUT2D eigenvalue weighted by Gasteiger charge is -2.36. The molecule has 0 bridgehead atoms. The average molecular weight is 445 g/mol. The van der Waals surface area contributed by atoms with Crippen LogP contribution in [0.1, 0.15) is 38.4 Å². The third-order valence-electron chi connectivity index (χ3n) is 6.74. The first-order chi connectivity index (χ1) is 16.3. The molecule has 2 aliphatic heterocycles. The van der Waals surface area contributed by atoms with E-state index in [-0.39, 0.29) is 0 Å². The Labute approximate surface area is 193 Å². The molecule has 1 saturated heterocycles. The molecule has 1 aliphatic carbocycles. The normalized spacial score (nSPS) is 19.6. The van der Waals surface area contributed by atoms with Gasteiger partial charge in [-0.05, 0) is 44.0 Å². The van der Waals surface area contributed by atoms with Crippen molar-refractivity contribution in [2.75, 3.05) is 41.4 Å². The van der Waals surface area contributed by atoms with Crippen LogP contribution in [0.5, 0.6) is 0 Å². The van der Waals surface area contributed by atoms with Crippen molar-refractivity contribution in [1.82, 2.24) is 24.7 Å². The van der Waals surface area contributed by atoms with Crippen molar-refractivity contribution in [2.24, 2.45) is 0 Å². The van der Waals surface area contributed by atoms with Gasteiger partial charge in [-0.15, -0.1) is 10.2 Å². The van der Waals surface area contributed by atoms with Crippen molar-refractivity contribution < 1.29 is 4.74 Å². The summed E-state index contributed by atoms with van der Waals surface area (Å²) in [7, 11) is 0. The zero-order valence-corrected chi connectivity index (χ0v) is 18.8. The van der Waals surface area contributed by atoms with Gasteiger partial charge in [0.05, 0.1) is 25.1 Å². The molecule has 0 atom stereocenters. The Morgan fingerprint density at radius 2 is 1.88 bits per heavy atom. The molecule has 1 aromatic carbocycles. The van der Waals surface area contributed by atoms with Crippen molar-refractivity contribution in [3.63, 3.8) is 0 Å². The molecule has 3 aliphatic rings. The number of rotatable bonds is 4. The van der Waals surface area contributed by atoms with Crippen LogP contribution in [0.3, 0.4) is 0 Å². The highest BCUT2D eigenvalue weighted by Crippen LogP contribution is 2.41. The summed E-state index contributed by atoms with van der Waals surface area (Å²) in [5.74, 6) is 2.34. The van der Waals surface area contributed by atoms with Crippen LogP contribution in [0.25, 0.3) is 11.4 Å². The van der Waals surface area contributed by atoms with Crippen LogP contribution >= 0.6 is 0 Å². The van der Waals surface area contributed by atoms with Gasteiger partial charge in [-0.25, -0.2) is 4.98 Å². The SMILES string of the molecule is C/C=C1\c2nncn2-c2cnc(Nc3ccc(N4CCOCC4)cc3)nc2N1C1CCCC1. The van der Waals surface area contributed by atoms with E-state index in [9.17, 15) is 0 Å². The van der Waals surface area contributed by atoms with E-state index in [0.717, 1.165) is 67.9 Å². The van der Waals surface area contributed by atoms with Crippen LogP contribution in [0.15, 0.2) is 42.9 Å². The Bertz CT molecular complexity index is 1160. The number of hydrogen-bond acceptors (Lipinski definition) is 8. The molecule has 1 saturated carbocycles. The Kier molecular flexibility index (Phi) is 5.18. The number of allylic oxidation sites excluding steroid dienone is 1. The average Bonchev–Trinajstić information content (AvgIpc) is 3.57. The van der Waals surface area contributed by atoms with E-state index in [1.165, 1.54) is 18.5 Å². The largest absolute Gasteiger partial charge is 0.378 e. The number of fused-ring (bicyclic) bond motifs is 3. The molecule has 2 aromatic heterocycles. The summed E-state index contributed by atoms with van der Waals surface area (Å²) in [6.45, 7) is 5.47. The zero-order valence-electron chi connectivity index (χ0n) is 18.8. The molecule has 0 unspecified atom stereocenters. The number of morpholine rings is 1. The Balaban J connectivity index is 1.31. The fraction of sp³-hybridized carbons (Fsp3) is 0.417. The van der Waals surface area contributed by atoms with Gasteiger partial charge in [-0.2, -0.15) is 4.98 Å². The molecule has 2 fully saturated rings. The first-order valence-electron chi connectivity index (χ1n) is 11.7. The van der Waals surface area contributed by atoms with Gasteiger partial charge in [0.1, 0.15) is 12.0 Å². The van der Waals surface area contributed by atoms with E-state index in [1.807, 2.05) is 10.8 Å². The number of benzene rings is 1. The van der Waals surface area contributed by atoms with Gasteiger partial charge in [-0.3, -0.25) is 4.57 Å². The van der Waals surface area contributed by atoms with Gasteiger partial charge < -0.3 is 19.9 Å². The maximum atomic E-state index is 5.46. The number of anilines is 4. The minimum absolute atomic E-state index is 0.413. The van der Waals surface area contributed by atoms with Gasteiger partial charge in [0.15, 0.2) is 11.6 Å². The second kappa shape index (κ2) is 8.47. The predicted octanol–water partition coefficient (Wildman–Crippen LogP) is 3.76. The molecule has 4 heterocycles. The van der Waals surface area contributed by atoms with Crippen LogP contribution in [0.4, 0.5) is 23.1 Å². The van der Waals surface area contributed by atoms with Crippen molar-refractivity contribution >= 4 is 28.8 Å². The molecule has 3 aromatic rings. The highest BCUT2D eigenvalue weighted by molar-refractivity contribution is 5.84. The van der Waals surface area contributed by atoms with Crippen molar-refractivity contribution in [3.8, 4) is 5.69 Å². The molecule has 6 rings (SSSR count). The number of nitrogens with zero attached hydrogens (tertiary/aromatic N) is 7. The molecule has 0 spiro atoms. The zero-order chi connectivity index (χ0) is 22.2. The van der Waals surface area contributed by atoms with Gasteiger partial charge >= 0.3 is 0 Å². The molecule has 33 heavy (non-hydrogen) atoms. The van der Waals surface area contributed by atoms with Gasteiger partial charge in [0.25, 0.3) is 0 Å². The Hall–Kier alpha value is -3.46. The lowest BCUT2D eigenvalue weighted by atomic mass is 10.1. The fourth-order valence-electron chi connectivity index (χ4n) is 5.09. The van der Waals surface area contributed by atoms with Crippen LogP contribution < -0.4 is 15.1 Å². The summed E-state index contributed by atoms with van der Waals surface area (Å²) in [5, 5.41) is 11.9. The lowest BCUT2D eigenvalue weighted by molar-refractivity contribution is 0.122. The molecular weight excluding hydrogens is 416 g/mol. The predicted molar refractivity (Wildman–Crippen MR) is 128 cm³/mol. The molecule has 0 amide bonds. The quantitative estimate of drug-likeness (QED) is 0.651. The molecule has 1 N–H and O–H groups in total. The van der Waals surface area contributed by atoms with E-state index in [0.29, 0.717) is 12.0 Å². The lowest BCUT2D eigenvalue weighted by Crippen LogP contribution is -2.37. The van der Waals surface area contributed by atoms with Crippen LogP contribution in [0.2, 0.25) is 0 Å². The first-order valence-corrected chi connectivity index (χ1v) is 11.7. The number of nitrogens with one attached hydrogen (secondary N) is 1. The summed E-state index contributed by atoms with van der Waals surface area (Å²) in [5.41, 5.74) is 4.15. The van der Waals surface area contributed by atoms with Crippen LogP contribution in [0, 0.1) is 0 Å². The standard InChI is InChI=1S/C24H28N8O/c1-2-20-23-29-26-16-31(23)21-15-25-24(28-22(21)32(20)19-5-3-4-6-19)27-17-7-9-18(10-8-17)30-11-13-33-14-12-30/h2,7-10,15-16,19H,3-6,11-14H2,1H3,(H,25,27,28)/b20-2+. The van der Waals surface area contributed by atoms with Gasteiger partial charge in [0, 0.05) is 30.5 Å². The number of hydrogen-bond donors (Lipinski definition) is 1. The summed E-state index contributed by atoms with van der Waals surface area (Å²) >= 11 is 0.